The summed E-state index contributed by atoms with van der Waals surface area (Å²) in [6.07, 6.45) is 3.13. The van der Waals surface area contributed by atoms with Gasteiger partial charge in [-0.3, -0.25) is 9.78 Å². The summed E-state index contributed by atoms with van der Waals surface area (Å²) < 4.78 is 0. The first-order valence-corrected chi connectivity index (χ1v) is 6.80. The normalized spacial score (nSPS) is 10.3. The molecule has 0 aliphatic heterocycles. The van der Waals surface area contributed by atoms with Crippen LogP contribution in [-0.4, -0.2) is 22.8 Å². The molecular weight excluding hydrogens is 244 g/mol. The summed E-state index contributed by atoms with van der Waals surface area (Å²) in [5.41, 5.74) is 0.921. The zero-order valence-electron chi connectivity index (χ0n) is 10.4. The molecule has 0 aliphatic rings. The number of hydrogen-bond acceptors (Lipinski definition) is 3. The van der Waals surface area contributed by atoms with E-state index in [-0.39, 0.29) is 5.91 Å². The monoisotopic (exact) mass is 260 g/mol. The molecule has 3 nitrogen and oxygen atoms in total. The lowest BCUT2D eigenvalue weighted by Crippen LogP contribution is -2.26. The van der Waals surface area contributed by atoms with Crippen molar-refractivity contribution in [2.45, 2.75) is 19.4 Å². The van der Waals surface area contributed by atoms with E-state index in [2.05, 4.69) is 11.1 Å². The molecule has 0 saturated carbocycles. The molecule has 2 aromatic rings. The number of pyridine rings is 1. The van der Waals surface area contributed by atoms with Gasteiger partial charge in [0.25, 0.3) is 0 Å². The van der Waals surface area contributed by atoms with Crippen LogP contribution in [0.1, 0.15) is 17.0 Å². The summed E-state index contributed by atoms with van der Waals surface area (Å²) in [5, 5.41) is 2.04. The van der Waals surface area contributed by atoms with Crippen molar-refractivity contribution in [1.82, 2.24) is 9.88 Å². The van der Waals surface area contributed by atoms with Gasteiger partial charge < -0.3 is 4.90 Å². The number of aryl methyl sites for hydroxylation is 1. The second-order valence-corrected chi connectivity index (χ2v) is 5.18. The molecular formula is C14H16N2OS. The molecule has 0 N–H and O–H groups in total. The largest absolute Gasteiger partial charge is 0.340 e. The average molecular weight is 260 g/mol. The molecule has 0 aromatic carbocycles. The van der Waals surface area contributed by atoms with Crippen molar-refractivity contribution >= 4 is 17.2 Å². The Balaban J connectivity index is 1.82. The lowest BCUT2D eigenvalue weighted by Gasteiger charge is -2.16. The number of amides is 1. The zero-order chi connectivity index (χ0) is 12.8. The molecule has 2 rings (SSSR count). The molecule has 94 valence electrons. The van der Waals surface area contributed by atoms with Gasteiger partial charge in [0.15, 0.2) is 0 Å². The fourth-order valence-electron chi connectivity index (χ4n) is 1.70. The Bertz CT molecular complexity index is 482. The van der Waals surface area contributed by atoms with Crippen molar-refractivity contribution in [3.63, 3.8) is 0 Å². The van der Waals surface area contributed by atoms with Gasteiger partial charge in [-0.05, 0) is 30.0 Å². The second-order valence-electron chi connectivity index (χ2n) is 4.15. The third-order valence-electron chi connectivity index (χ3n) is 2.72. The molecule has 0 unspecified atom stereocenters. The summed E-state index contributed by atoms with van der Waals surface area (Å²) in [5.74, 6) is 0.161. The molecule has 0 saturated heterocycles. The van der Waals surface area contributed by atoms with E-state index in [0.29, 0.717) is 13.0 Å². The highest BCUT2D eigenvalue weighted by Gasteiger charge is 2.10. The zero-order valence-corrected chi connectivity index (χ0v) is 11.2. The molecule has 2 aromatic heterocycles. The van der Waals surface area contributed by atoms with Crippen LogP contribution in [0.25, 0.3) is 0 Å². The molecule has 0 aliphatic carbocycles. The van der Waals surface area contributed by atoms with Crippen LogP contribution < -0.4 is 0 Å². The molecule has 0 spiro atoms. The number of nitrogens with zero attached hydrogens (tertiary/aromatic N) is 2. The van der Waals surface area contributed by atoms with Gasteiger partial charge in [0, 0.05) is 24.5 Å². The number of hydrogen-bond donors (Lipinski definition) is 0. The third kappa shape index (κ3) is 3.67. The minimum atomic E-state index is 0.161. The summed E-state index contributed by atoms with van der Waals surface area (Å²) in [4.78, 5) is 19.2. The molecule has 18 heavy (non-hydrogen) atoms. The lowest BCUT2D eigenvalue weighted by molar-refractivity contribution is -0.130. The highest BCUT2D eigenvalue weighted by atomic mass is 32.1. The molecule has 4 heteroatoms. The fraction of sp³-hybridized carbons (Fsp3) is 0.286. The Kier molecular flexibility index (Phi) is 4.47. The standard InChI is InChI=1S/C14H16N2OS/c1-16(11-12-5-2-3-9-15-12)14(17)8-7-13-6-4-10-18-13/h2-6,9-10H,7-8,11H2,1H3. The smallest absolute Gasteiger partial charge is 0.223 e. The van der Waals surface area contributed by atoms with Crippen LogP contribution >= 0.6 is 11.3 Å². The average Bonchev–Trinajstić information content (AvgIpc) is 2.90. The van der Waals surface area contributed by atoms with E-state index < -0.39 is 0 Å². The van der Waals surface area contributed by atoms with Gasteiger partial charge in [-0.2, -0.15) is 0 Å². The molecule has 1 amide bonds. The fourth-order valence-corrected chi connectivity index (χ4v) is 2.41. The van der Waals surface area contributed by atoms with Crippen LogP contribution in [-0.2, 0) is 17.8 Å². The summed E-state index contributed by atoms with van der Waals surface area (Å²) in [6.45, 7) is 0.574. The van der Waals surface area contributed by atoms with Crippen molar-refractivity contribution in [3.05, 3.63) is 52.5 Å². The van der Waals surface area contributed by atoms with Crippen molar-refractivity contribution < 1.29 is 4.79 Å². The van der Waals surface area contributed by atoms with Crippen molar-refractivity contribution in [2.75, 3.05) is 7.05 Å². The minimum absolute atomic E-state index is 0.161. The molecule has 0 fully saturated rings. The summed E-state index contributed by atoms with van der Waals surface area (Å²) >= 11 is 1.70. The Morgan fingerprint density at radius 3 is 2.89 bits per heavy atom. The van der Waals surface area contributed by atoms with E-state index in [9.17, 15) is 4.79 Å². The van der Waals surface area contributed by atoms with E-state index in [1.807, 2.05) is 36.7 Å². The maximum atomic E-state index is 11.9. The van der Waals surface area contributed by atoms with E-state index in [1.54, 1.807) is 22.4 Å². The first kappa shape index (κ1) is 12.8. The molecule has 0 atom stereocenters. The predicted octanol–water partition coefficient (Wildman–Crippen LogP) is 2.73. The Labute approximate surface area is 111 Å². The van der Waals surface area contributed by atoms with Gasteiger partial charge in [0.05, 0.1) is 12.2 Å². The molecule has 0 radical (unpaired) electrons. The van der Waals surface area contributed by atoms with Gasteiger partial charge in [-0.1, -0.05) is 12.1 Å². The van der Waals surface area contributed by atoms with Gasteiger partial charge in [0.2, 0.25) is 5.91 Å². The van der Waals surface area contributed by atoms with Gasteiger partial charge >= 0.3 is 0 Å². The van der Waals surface area contributed by atoms with E-state index in [4.69, 9.17) is 0 Å². The first-order chi connectivity index (χ1) is 8.75. The second kappa shape index (κ2) is 6.31. The Hall–Kier alpha value is -1.68. The van der Waals surface area contributed by atoms with E-state index in [1.165, 1.54) is 4.88 Å². The molecule has 0 bridgehead atoms. The van der Waals surface area contributed by atoms with E-state index in [0.717, 1.165) is 12.1 Å². The first-order valence-electron chi connectivity index (χ1n) is 5.92. The van der Waals surface area contributed by atoms with Crippen LogP contribution in [0, 0.1) is 0 Å². The van der Waals surface area contributed by atoms with Crippen LogP contribution in [0.5, 0.6) is 0 Å². The number of carbonyl (C=O) groups is 1. The number of aromatic nitrogens is 1. The summed E-state index contributed by atoms with van der Waals surface area (Å²) in [6, 6.07) is 9.83. The SMILES string of the molecule is CN(Cc1ccccn1)C(=O)CCc1cccs1. The maximum absolute atomic E-state index is 11.9. The highest BCUT2D eigenvalue weighted by molar-refractivity contribution is 7.09. The minimum Gasteiger partial charge on any atom is -0.340 e. The van der Waals surface area contributed by atoms with Crippen molar-refractivity contribution in [2.24, 2.45) is 0 Å². The van der Waals surface area contributed by atoms with Crippen LogP contribution in [0.4, 0.5) is 0 Å². The maximum Gasteiger partial charge on any atom is 0.223 e. The van der Waals surface area contributed by atoms with Crippen LogP contribution in [0.2, 0.25) is 0 Å². The number of carbonyl (C=O) groups excluding carboxylic acids is 1. The van der Waals surface area contributed by atoms with Gasteiger partial charge in [-0.25, -0.2) is 0 Å². The topological polar surface area (TPSA) is 33.2 Å². The van der Waals surface area contributed by atoms with E-state index >= 15 is 0 Å². The Morgan fingerprint density at radius 1 is 1.33 bits per heavy atom. The van der Waals surface area contributed by atoms with Gasteiger partial charge in [0.1, 0.15) is 0 Å². The van der Waals surface area contributed by atoms with Gasteiger partial charge in [-0.15, -0.1) is 11.3 Å². The molecule has 2 heterocycles. The summed E-state index contributed by atoms with van der Waals surface area (Å²) in [7, 11) is 1.82. The highest BCUT2D eigenvalue weighted by Crippen LogP contribution is 2.12. The predicted molar refractivity (Wildman–Crippen MR) is 73.4 cm³/mol. The van der Waals surface area contributed by atoms with Crippen molar-refractivity contribution in [1.29, 1.82) is 0 Å². The lowest BCUT2D eigenvalue weighted by atomic mass is 10.2. The third-order valence-corrected chi connectivity index (χ3v) is 3.65. The van der Waals surface area contributed by atoms with Crippen LogP contribution in [0.3, 0.4) is 0 Å². The Morgan fingerprint density at radius 2 is 2.22 bits per heavy atom. The van der Waals surface area contributed by atoms with Crippen LogP contribution in [0.15, 0.2) is 41.9 Å². The number of thiophene rings is 1. The van der Waals surface area contributed by atoms with Crippen molar-refractivity contribution in [3.8, 4) is 0 Å². The number of rotatable bonds is 5. The quantitative estimate of drug-likeness (QED) is 0.828.